The van der Waals surface area contributed by atoms with Crippen LogP contribution in [0.15, 0.2) is 105 Å². The second kappa shape index (κ2) is 10.9. The molecule has 0 saturated carbocycles. The fourth-order valence-electron chi connectivity index (χ4n) is 4.11. The van der Waals surface area contributed by atoms with E-state index >= 15 is 0 Å². The van der Waals surface area contributed by atoms with Gasteiger partial charge in [0.05, 0.1) is 9.79 Å². The first-order chi connectivity index (χ1) is 17.9. The molecule has 0 atom stereocenters. The number of phosphoric ester groups is 1. The van der Waals surface area contributed by atoms with Gasteiger partial charge < -0.3 is 24.2 Å². The van der Waals surface area contributed by atoms with Crippen LogP contribution < -0.4 is 34.5 Å². The molecule has 0 amide bonds. The molecule has 2 aliphatic rings. The smallest absolute Gasteiger partial charge is 0.736 e. The van der Waals surface area contributed by atoms with Crippen molar-refractivity contribution >= 4 is 55.0 Å². The van der Waals surface area contributed by atoms with Gasteiger partial charge in [-0.3, -0.25) is 0 Å². The molecule has 0 saturated heterocycles. The molecule has 0 aromatic heterocycles. The van der Waals surface area contributed by atoms with E-state index in [9.17, 15) is 19.7 Å². The van der Waals surface area contributed by atoms with E-state index in [4.69, 9.17) is 9.05 Å². The Labute approximate surface area is 249 Å². The first-order valence-electron chi connectivity index (χ1n) is 11.2. The van der Waals surface area contributed by atoms with Crippen LogP contribution >= 0.6 is 31.3 Å². The van der Waals surface area contributed by atoms with Crippen molar-refractivity contribution in [2.45, 2.75) is 19.6 Å². The minimum atomic E-state index is -5.00. The van der Waals surface area contributed by atoms with Crippen LogP contribution in [0.3, 0.4) is 0 Å². The van der Waals surface area contributed by atoms with Crippen LogP contribution in [0.2, 0.25) is 0 Å². The largest absolute Gasteiger partial charge is 1.00 e. The fourth-order valence-corrected chi connectivity index (χ4v) is 7.05. The summed E-state index contributed by atoms with van der Waals surface area (Å²) in [5.41, 5.74) is 2.34. The van der Waals surface area contributed by atoms with Gasteiger partial charge in [-0.15, -0.1) is 0 Å². The van der Waals surface area contributed by atoms with Crippen LogP contribution in [-0.2, 0) is 13.6 Å². The van der Waals surface area contributed by atoms with Gasteiger partial charge >= 0.3 is 37.4 Å². The second-order valence-corrected chi connectivity index (χ2v) is 11.6. The summed E-state index contributed by atoms with van der Waals surface area (Å²) < 4.78 is 24.5. The summed E-state index contributed by atoms with van der Waals surface area (Å²) in [6.07, 6.45) is 3.24. The Morgan fingerprint density at radius 2 is 1.05 bits per heavy atom. The van der Waals surface area contributed by atoms with Crippen molar-refractivity contribution < 1.29 is 58.3 Å². The number of phenols is 2. The molecule has 0 radical (unpaired) electrons. The molecule has 6 nitrogen and oxygen atoms in total. The van der Waals surface area contributed by atoms with Gasteiger partial charge in [0.1, 0.15) is 23.0 Å². The monoisotopic (exact) mass is 568 g/mol. The molecule has 4 aromatic rings. The average Bonchev–Trinajstić information content (AvgIpc) is 3.13. The number of hydrogen-bond donors (Lipinski definition) is 2. The molecule has 38 heavy (non-hydrogen) atoms. The number of hydrogen-bond acceptors (Lipinski definition) is 8. The van der Waals surface area contributed by atoms with E-state index < -0.39 is 7.82 Å². The third kappa shape index (κ3) is 5.31. The van der Waals surface area contributed by atoms with E-state index in [1.54, 1.807) is 48.6 Å². The van der Waals surface area contributed by atoms with Crippen molar-refractivity contribution in [1.29, 1.82) is 0 Å². The SMILES string of the molecule is O=P([O-])(OC1=Cc2ccccc2Sc2c(O)cccc21)OC1=Cc2ccccc2Sc2c(O)cccc21.[Na+]. The van der Waals surface area contributed by atoms with Crippen LogP contribution in [0.25, 0.3) is 23.7 Å². The molecule has 2 N–H and O–H groups in total. The summed E-state index contributed by atoms with van der Waals surface area (Å²) in [6, 6.07) is 24.6. The zero-order valence-corrected chi connectivity index (χ0v) is 24.6. The van der Waals surface area contributed by atoms with Crippen molar-refractivity contribution in [2.75, 3.05) is 0 Å². The van der Waals surface area contributed by atoms with Crippen LogP contribution in [0.5, 0.6) is 11.5 Å². The zero-order chi connectivity index (χ0) is 25.6. The molecule has 184 valence electrons. The van der Waals surface area contributed by atoms with Gasteiger partial charge in [-0.2, -0.15) is 0 Å². The first kappa shape index (κ1) is 27.0. The van der Waals surface area contributed by atoms with E-state index in [1.807, 2.05) is 48.5 Å². The van der Waals surface area contributed by atoms with Crippen LogP contribution in [0.1, 0.15) is 22.3 Å². The average molecular weight is 569 g/mol. The Morgan fingerprint density at radius 1 is 0.632 bits per heavy atom. The van der Waals surface area contributed by atoms with E-state index in [1.165, 1.54) is 23.5 Å². The maximum absolute atomic E-state index is 13.4. The van der Waals surface area contributed by atoms with E-state index in [0.29, 0.717) is 20.9 Å². The van der Waals surface area contributed by atoms with E-state index in [-0.39, 0.29) is 52.6 Å². The van der Waals surface area contributed by atoms with Crippen molar-refractivity contribution in [3.8, 4) is 11.5 Å². The van der Waals surface area contributed by atoms with Crippen LogP contribution in [0.4, 0.5) is 0 Å². The number of aromatic hydroxyl groups is 2. The van der Waals surface area contributed by atoms with E-state index in [0.717, 1.165) is 20.9 Å². The summed E-state index contributed by atoms with van der Waals surface area (Å²) in [5, 5.41) is 21.1. The van der Waals surface area contributed by atoms with Gasteiger partial charge in [0.2, 0.25) is 0 Å². The molecule has 0 unspecified atom stereocenters. The Morgan fingerprint density at radius 3 is 1.50 bits per heavy atom. The van der Waals surface area contributed by atoms with Crippen molar-refractivity contribution in [3.05, 3.63) is 107 Å². The number of phosphoric acid groups is 1. The third-order valence-electron chi connectivity index (χ3n) is 5.77. The van der Waals surface area contributed by atoms with Gasteiger partial charge in [-0.05, 0) is 59.7 Å². The van der Waals surface area contributed by atoms with E-state index in [2.05, 4.69) is 0 Å². The van der Waals surface area contributed by atoms with Crippen LogP contribution in [0, 0.1) is 0 Å². The quantitative estimate of drug-likeness (QED) is 0.279. The Balaban J connectivity index is 0.00000294. The molecule has 10 heteroatoms. The van der Waals surface area contributed by atoms with Crippen molar-refractivity contribution in [3.63, 3.8) is 0 Å². The zero-order valence-electron chi connectivity index (χ0n) is 20.0. The molecular formula is C28H18NaO6PS2. The molecule has 2 aliphatic heterocycles. The minimum Gasteiger partial charge on any atom is -0.736 e. The van der Waals surface area contributed by atoms with Gasteiger partial charge in [0.15, 0.2) is 0 Å². The first-order valence-corrected chi connectivity index (χ1v) is 14.3. The van der Waals surface area contributed by atoms with Crippen LogP contribution in [-0.4, -0.2) is 10.2 Å². The Hall–Kier alpha value is -2.55. The van der Waals surface area contributed by atoms with Gasteiger partial charge in [0.25, 0.3) is 0 Å². The molecule has 2 heterocycles. The normalized spacial score (nSPS) is 13.6. The Bertz CT molecular complexity index is 1550. The summed E-state index contributed by atoms with van der Waals surface area (Å²) >= 11 is 2.65. The predicted molar refractivity (Wildman–Crippen MR) is 143 cm³/mol. The Kier molecular flexibility index (Phi) is 7.76. The predicted octanol–water partition coefficient (Wildman–Crippen LogP) is 4.23. The molecule has 4 aromatic carbocycles. The topological polar surface area (TPSA) is 99.1 Å². The molecule has 0 aliphatic carbocycles. The molecular weight excluding hydrogens is 550 g/mol. The number of fused-ring (bicyclic) bond motifs is 4. The summed E-state index contributed by atoms with van der Waals surface area (Å²) in [7, 11) is -5.00. The van der Waals surface area contributed by atoms with Crippen molar-refractivity contribution in [2.24, 2.45) is 0 Å². The van der Waals surface area contributed by atoms with Gasteiger partial charge in [-0.1, -0.05) is 72.1 Å². The maximum Gasteiger partial charge on any atom is 1.00 e. The molecule has 6 rings (SSSR count). The second-order valence-electron chi connectivity index (χ2n) is 8.23. The van der Waals surface area contributed by atoms with Gasteiger partial charge in [0, 0.05) is 20.9 Å². The molecule has 0 fully saturated rings. The number of rotatable bonds is 4. The summed E-state index contributed by atoms with van der Waals surface area (Å²) in [4.78, 5) is 16.0. The van der Waals surface area contributed by atoms with Gasteiger partial charge in [-0.25, -0.2) is 4.57 Å². The molecule has 0 spiro atoms. The minimum absolute atomic E-state index is 0. The number of benzene rings is 4. The third-order valence-corrected chi connectivity index (χ3v) is 9.07. The van der Waals surface area contributed by atoms with Crippen molar-refractivity contribution in [1.82, 2.24) is 0 Å². The summed E-state index contributed by atoms with van der Waals surface area (Å²) in [5.74, 6) is 0.0864. The fraction of sp³-hybridized carbons (Fsp3) is 0. The standard InChI is InChI=1S/C28H19O6PS2.Na/c29-21-11-5-9-19-23(15-17-7-1-3-13-25(17)36-27(19)21)33-35(31,32)34-24-16-18-8-2-4-14-26(18)37-28-20(24)10-6-12-22(28)30;/h1-16,29-30H,(H,31,32);/q;+1/p-1. The summed E-state index contributed by atoms with van der Waals surface area (Å²) in [6.45, 7) is 0. The number of phenolic OH excluding ortho intramolecular Hbond substituents is 2. The molecule has 0 bridgehead atoms. The maximum atomic E-state index is 13.4.